The van der Waals surface area contributed by atoms with E-state index in [1.54, 1.807) is 0 Å². The number of urea groups is 1. The van der Waals surface area contributed by atoms with Gasteiger partial charge < -0.3 is 25.2 Å². The Kier molecular flexibility index (Phi) is 5.33. The van der Waals surface area contributed by atoms with Crippen molar-refractivity contribution in [1.29, 1.82) is 0 Å². The number of carbonyl (C=O) groups is 3. The molecule has 0 atom stereocenters. The summed E-state index contributed by atoms with van der Waals surface area (Å²) >= 11 is 0. The molecule has 0 saturated heterocycles. The molecule has 0 aromatic heterocycles. The van der Waals surface area contributed by atoms with Crippen molar-refractivity contribution < 1.29 is 29.0 Å². The Labute approximate surface area is 114 Å². The second-order valence-corrected chi connectivity index (χ2v) is 3.60. The molecule has 0 unspecified atom stereocenters. The van der Waals surface area contributed by atoms with Crippen LogP contribution < -0.4 is 15.4 Å². The molecule has 108 valence electrons. The number of rotatable bonds is 5. The summed E-state index contributed by atoms with van der Waals surface area (Å²) in [4.78, 5) is 33.4. The van der Waals surface area contributed by atoms with Crippen LogP contribution in [0.5, 0.6) is 5.75 Å². The lowest BCUT2D eigenvalue weighted by Gasteiger charge is -2.10. The van der Waals surface area contributed by atoms with Crippen molar-refractivity contribution in [3.63, 3.8) is 0 Å². The standard InChI is InChI=1S/C12H14N2O6/c1-19-7-3-4-8(11(16)17)9(5-7)14-12(18)13-6-10(15)20-2/h3-5H,6H2,1-2H3,(H,16,17)(H2,13,14,18). The minimum Gasteiger partial charge on any atom is -0.497 e. The van der Waals surface area contributed by atoms with Crippen LogP contribution in [-0.2, 0) is 9.53 Å². The van der Waals surface area contributed by atoms with Gasteiger partial charge in [-0.25, -0.2) is 9.59 Å². The molecule has 1 aromatic rings. The lowest BCUT2D eigenvalue weighted by Crippen LogP contribution is -2.34. The molecule has 8 heteroatoms. The molecule has 0 spiro atoms. The fraction of sp³-hybridized carbons (Fsp3) is 0.250. The number of ether oxygens (including phenoxy) is 2. The van der Waals surface area contributed by atoms with E-state index in [1.165, 1.54) is 32.4 Å². The average Bonchev–Trinajstić information content (AvgIpc) is 2.44. The van der Waals surface area contributed by atoms with Crippen molar-refractivity contribution in [2.24, 2.45) is 0 Å². The topological polar surface area (TPSA) is 114 Å². The van der Waals surface area contributed by atoms with E-state index in [-0.39, 0.29) is 17.8 Å². The Bertz CT molecular complexity index is 529. The number of anilines is 1. The van der Waals surface area contributed by atoms with Gasteiger partial charge in [0.25, 0.3) is 0 Å². The molecule has 0 aliphatic carbocycles. The number of carboxylic acids is 1. The number of hydrogen-bond donors (Lipinski definition) is 3. The molecule has 20 heavy (non-hydrogen) atoms. The zero-order valence-electron chi connectivity index (χ0n) is 10.9. The van der Waals surface area contributed by atoms with Crippen molar-refractivity contribution in [3.05, 3.63) is 23.8 Å². The van der Waals surface area contributed by atoms with Crippen LogP contribution in [0.15, 0.2) is 18.2 Å². The van der Waals surface area contributed by atoms with Crippen LogP contribution in [0.2, 0.25) is 0 Å². The van der Waals surface area contributed by atoms with E-state index < -0.39 is 18.0 Å². The molecule has 0 bridgehead atoms. The van der Waals surface area contributed by atoms with Gasteiger partial charge in [-0.05, 0) is 12.1 Å². The summed E-state index contributed by atoms with van der Waals surface area (Å²) in [5, 5.41) is 13.6. The molecular formula is C12H14N2O6. The van der Waals surface area contributed by atoms with Crippen LogP contribution in [0.3, 0.4) is 0 Å². The number of esters is 1. The van der Waals surface area contributed by atoms with Gasteiger partial charge in [-0.1, -0.05) is 0 Å². The van der Waals surface area contributed by atoms with Gasteiger partial charge in [-0.3, -0.25) is 4.79 Å². The highest BCUT2D eigenvalue weighted by Crippen LogP contribution is 2.22. The Morgan fingerprint density at radius 2 is 1.95 bits per heavy atom. The first kappa shape index (κ1) is 15.3. The quantitative estimate of drug-likeness (QED) is 0.684. The SMILES string of the molecule is COC(=O)CNC(=O)Nc1cc(OC)ccc1C(=O)O. The first-order valence-corrected chi connectivity index (χ1v) is 5.51. The van der Waals surface area contributed by atoms with Gasteiger partial charge in [0, 0.05) is 6.07 Å². The fourth-order valence-electron chi connectivity index (χ4n) is 1.33. The van der Waals surface area contributed by atoms with E-state index in [0.29, 0.717) is 5.75 Å². The van der Waals surface area contributed by atoms with Crippen molar-refractivity contribution in [2.45, 2.75) is 0 Å². The molecule has 0 radical (unpaired) electrons. The Morgan fingerprint density at radius 1 is 1.25 bits per heavy atom. The minimum atomic E-state index is -1.20. The normalized spacial score (nSPS) is 9.50. The van der Waals surface area contributed by atoms with Crippen molar-refractivity contribution >= 4 is 23.7 Å². The maximum absolute atomic E-state index is 11.5. The number of nitrogens with one attached hydrogen (secondary N) is 2. The summed E-state index contributed by atoms with van der Waals surface area (Å²) in [6, 6.07) is 3.39. The van der Waals surface area contributed by atoms with Gasteiger partial charge in [0.2, 0.25) is 0 Å². The summed E-state index contributed by atoms with van der Waals surface area (Å²) in [6.07, 6.45) is 0. The molecule has 3 N–H and O–H groups in total. The van der Waals surface area contributed by atoms with E-state index in [0.717, 1.165) is 0 Å². The maximum atomic E-state index is 11.5. The lowest BCUT2D eigenvalue weighted by molar-refractivity contribution is -0.139. The second kappa shape index (κ2) is 6.98. The number of carbonyl (C=O) groups excluding carboxylic acids is 2. The van der Waals surface area contributed by atoms with Crippen molar-refractivity contribution in [2.75, 3.05) is 26.1 Å². The lowest BCUT2D eigenvalue weighted by atomic mass is 10.1. The van der Waals surface area contributed by atoms with E-state index in [9.17, 15) is 14.4 Å². The van der Waals surface area contributed by atoms with Gasteiger partial charge in [0.1, 0.15) is 12.3 Å². The minimum absolute atomic E-state index is 0.0548. The number of hydrogen-bond acceptors (Lipinski definition) is 5. The van der Waals surface area contributed by atoms with Crippen LogP contribution in [0.25, 0.3) is 0 Å². The van der Waals surface area contributed by atoms with Crippen molar-refractivity contribution in [1.82, 2.24) is 5.32 Å². The third-order valence-corrected chi connectivity index (χ3v) is 2.33. The fourth-order valence-corrected chi connectivity index (χ4v) is 1.33. The van der Waals surface area contributed by atoms with Gasteiger partial charge in [-0.15, -0.1) is 0 Å². The summed E-state index contributed by atoms with van der Waals surface area (Å²) in [5.74, 6) is -1.43. The molecular weight excluding hydrogens is 268 g/mol. The monoisotopic (exact) mass is 282 g/mol. The molecule has 1 aromatic carbocycles. The zero-order chi connectivity index (χ0) is 15.1. The first-order valence-electron chi connectivity index (χ1n) is 5.51. The zero-order valence-corrected chi connectivity index (χ0v) is 10.9. The largest absolute Gasteiger partial charge is 0.497 e. The molecule has 0 heterocycles. The van der Waals surface area contributed by atoms with Crippen LogP contribution in [-0.4, -0.2) is 43.8 Å². The molecule has 1 rings (SSSR count). The van der Waals surface area contributed by atoms with Crippen LogP contribution in [0.4, 0.5) is 10.5 Å². The third-order valence-electron chi connectivity index (χ3n) is 2.33. The molecule has 0 aliphatic heterocycles. The summed E-state index contributed by atoms with van der Waals surface area (Å²) < 4.78 is 9.30. The van der Waals surface area contributed by atoms with Crippen molar-refractivity contribution in [3.8, 4) is 5.75 Å². The Morgan fingerprint density at radius 3 is 2.50 bits per heavy atom. The smallest absolute Gasteiger partial charge is 0.337 e. The molecule has 2 amide bonds. The number of carboxylic acid groups (broad SMARTS) is 1. The number of aromatic carboxylic acids is 1. The molecule has 8 nitrogen and oxygen atoms in total. The molecule has 0 aliphatic rings. The highest BCUT2D eigenvalue weighted by atomic mass is 16.5. The predicted octanol–water partition coefficient (Wildman–Crippen LogP) is 0.688. The van der Waals surface area contributed by atoms with Crippen LogP contribution in [0.1, 0.15) is 10.4 Å². The predicted molar refractivity (Wildman–Crippen MR) is 69.0 cm³/mol. The van der Waals surface area contributed by atoms with Gasteiger partial charge >= 0.3 is 18.0 Å². The second-order valence-electron chi connectivity index (χ2n) is 3.60. The highest BCUT2D eigenvalue weighted by Gasteiger charge is 2.14. The number of amides is 2. The van der Waals surface area contributed by atoms with E-state index in [2.05, 4.69) is 15.4 Å². The van der Waals surface area contributed by atoms with E-state index in [1.807, 2.05) is 0 Å². The number of benzene rings is 1. The van der Waals surface area contributed by atoms with E-state index in [4.69, 9.17) is 9.84 Å². The summed E-state index contributed by atoms with van der Waals surface area (Å²) in [5.41, 5.74) is -0.0433. The summed E-state index contributed by atoms with van der Waals surface area (Å²) in [6.45, 7) is -0.325. The summed E-state index contributed by atoms with van der Waals surface area (Å²) in [7, 11) is 2.60. The first-order chi connectivity index (χ1) is 9.47. The van der Waals surface area contributed by atoms with Crippen LogP contribution >= 0.6 is 0 Å². The third kappa shape index (κ3) is 4.16. The highest BCUT2D eigenvalue weighted by molar-refractivity contribution is 6.00. The molecule has 0 fully saturated rings. The van der Waals surface area contributed by atoms with Crippen LogP contribution in [0, 0.1) is 0 Å². The Hall–Kier alpha value is -2.77. The number of methoxy groups -OCH3 is 2. The van der Waals surface area contributed by atoms with Gasteiger partial charge in [0.15, 0.2) is 0 Å². The average molecular weight is 282 g/mol. The van der Waals surface area contributed by atoms with Gasteiger partial charge in [-0.2, -0.15) is 0 Å². The Balaban J connectivity index is 2.81. The van der Waals surface area contributed by atoms with Gasteiger partial charge in [0.05, 0.1) is 25.5 Å². The maximum Gasteiger partial charge on any atom is 0.337 e. The molecule has 0 saturated carbocycles. The van der Waals surface area contributed by atoms with E-state index >= 15 is 0 Å².